The molecule has 1 atom stereocenters. The van der Waals surface area contributed by atoms with E-state index in [1.165, 1.54) is 0 Å². The number of rotatable bonds is 5. The SMILES string of the molecule is COc1cc(C)c(NCC(C)N)c(OC)c1. The molecular formula is C12H20N2O2. The van der Waals surface area contributed by atoms with E-state index in [1.807, 2.05) is 26.0 Å². The van der Waals surface area contributed by atoms with Crippen molar-refractivity contribution in [3.8, 4) is 11.5 Å². The summed E-state index contributed by atoms with van der Waals surface area (Å²) in [7, 11) is 3.29. The Hall–Kier alpha value is -1.42. The summed E-state index contributed by atoms with van der Waals surface area (Å²) in [6, 6.07) is 3.92. The summed E-state index contributed by atoms with van der Waals surface area (Å²) in [5.74, 6) is 1.57. The van der Waals surface area contributed by atoms with Crippen LogP contribution in [-0.4, -0.2) is 26.8 Å². The normalized spacial score (nSPS) is 12.1. The third-order valence-corrected chi connectivity index (χ3v) is 2.33. The highest BCUT2D eigenvalue weighted by Gasteiger charge is 2.09. The molecule has 0 heterocycles. The fourth-order valence-corrected chi connectivity index (χ4v) is 1.49. The van der Waals surface area contributed by atoms with E-state index in [4.69, 9.17) is 15.2 Å². The van der Waals surface area contributed by atoms with Gasteiger partial charge in [0.15, 0.2) is 0 Å². The van der Waals surface area contributed by atoms with Crippen molar-refractivity contribution >= 4 is 5.69 Å². The van der Waals surface area contributed by atoms with Gasteiger partial charge in [-0.3, -0.25) is 0 Å². The fraction of sp³-hybridized carbons (Fsp3) is 0.500. The summed E-state index contributed by atoms with van der Waals surface area (Å²) in [5.41, 5.74) is 7.76. The molecule has 1 rings (SSSR count). The third-order valence-electron chi connectivity index (χ3n) is 2.33. The molecule has 0 spiro atoms. The summed E-state index contributed by atoms with van der Waals surface area (Å²) in [5, 5.41) is 3.28. The van der Waals surface area contributed by atoms with Crippen LogP contribution in [0.5, 0.6) is 11.5 Å². The third kappa shape index (κ3) is 3.03. The largest absolute Gasteiger partial charge is 0.497 e. The number of ether oxygens (including phenoxy) is 2. The van der Waals surface area contributed by atoms with Crippen molar-refractivity contribution in [3.05, 3.63) is 17.7 Å². The molecule has 0 bridgehead atoms. The van der Waals surface area contributed by atoms with Gasteiger partial charge in [0, 0.05) is 18.7 Å². The average molecular weight is 224 g/mol. The van der Waals surface area contributed by atoms with Crippen LogP contribution in [0.1, 0.15) is 12.5 Å². The van der Waals surface area contributed by atoms with Crippen LogP contribution in [0, 0.1) is 6.92 Å². The molecule has 0 radical (unpaired) electrons. The molecule has 0 aliphatic rings. The van der Waals surface area contributed by atoms with Gasteiger partial charge in [-0.1, -0.05) is 0 Å². The van der Waals surface area contributed by atoms with Crippen molar-refractivity contribution in [1.82, 2.24) is 0 Å². The van der Waals surface area contributed by atoms with Crippen LogP contribution in [0.15, 0.2) is 12.1 Å². The lowest BCUT2D eigenvalue weighted by molar-refractivity contribution is 0.395. The fourth-order valence-electron chi connectivity index (χ4n) is 1.49. The van der Waals surface area contributed by atoms with Crippen molar-refractivity contribution in [2.45, 2.75) is 19.9 Å². The van der Waals surface area contributed by atoms with Crippen LogP contribution in [0.3, 0.4) is 0 Å². The quantitative estimate of drug-likeness (QED) is 0.800. The molecule has 16 heavy (non-hydrogen) atoms. The van der Waals surface area contributed by atoms with Gasteiger partial charge in [0.2, 0.25) is 0 Å². The van der Waals surface area contributed by atoms with Gasteiger partial charge in [-0.25, -0.2) is 0 Å². The number of methoxy groups -OCH3 is 2. The molecule has 0 aromatic heterocycles. The summed E-state index contributed by atoms with van der Waals surface area (Å²) in [6.45, 7) is 4.68. The van der Waals surface area contributed by atoms with E-state index < -0.39 is 0 Å². The second-order valence-electron chi connectivity index (χ2n) is 3.88. The molecule has 4 heteroatoms. The molecule has 0 aliphatic heterocycles. The standard InChI is InChI=1S/C12H20N2O2/c1-8-5-10(15-3)6-11(16-4)12(8)14-7-9(2)13/h5-6,9,14H,7,13H2,1-4H3. The lowest BCUT2D eigenvalue weighted by Crippen LogP contribution is -2.25. The Balaban J connectivity index is 2.97. The zero-order chi connectivity index (χ0) is 12.1. The van der Waals surface area contributed by atoms with Crippen molar-refractivity contribution < 1.29 is 9.47 Å². The molecule has 0 saturated heterocycles. The summed E-state index contributed by atoms with van der Waals surface area (Å²) in [4.78, 5) is 0. The summed E-state index contributed by atoms with van der Waals surface area (Å²) >= 11 is 0. The molecule has 1 aromatic carbocycles. The Morgan fingerprint density at radius 1 is 1.31 bits per heavy atom. The van der Waals surface area contributed by atoms with Crippen LogP contribution in [-0.2, 0) is 0 Å². The van der Waals surface area contributed by atoms with E-state index in [0.717, 1.165) is 22.7 Å². The molecule has 0 saturated carbocycles. The van der Waals surface area contributed by atoms with Gasteiger partial charge in [-0.05, 0) is 25.5 Å². The highest BCUT2D eigenvalue weighted by Crippen LogP contribution is 2.32. The first-order valence-corrected chi connectivity index (χ1v) is 5.30. The van der Waals surface area contributed by atoms with Crippen molar-refractivity contribution in [1.29, 1.82) is 0 Å². The molecule has 0 amide bonds. The summed E-state index contributed by atoms with van der Waals surface area (Å²) < 4.78 is 10.5. The van der Waals surface area contributed by atoms with E-state index in [-0.39, 0.29) is 6.04 Å². The number of hydrogen-bond donors (Lipinski definition) is 2. The van der Waals surface area contributed by atoms with Crippen LogP contribution in [0.2, 0.25) is 0 Å². The van der Waals surface area contributed by atoms with E-state index in [9.17, 15) is 0 Å². The Morgan fingerprint density at radius 2 is 2.00 bits per heavy atom. The van der Waals surface area contributed by atoms with Crippen molar-refractivity contribution in [3.63, 3.8) is 0 Å². The van der Waals surface area contributed by atoms with E-state index in [0.29, 0.717) is 6.54 Å². The lowest BCUT2D eigenvalue weighted by Gasteiger charge is -2.16. The second-order valence-corrected chi connectivity index (χ2v) is 3.88. The molecule has 3 N–H and O–H groups in total. The van der Waals surface area contributed by atoms with Gasteiger partial charge in [-0.2, -0.15) is 0 Å². The first-order chi connectivity index (χ1) is 7.58. The Kier molecular flexibility index (Phi) is 4.43. The van der Waals surface area contributed by atoms with E-state index >= 15 is 0 Å². The molecule has 1 aromatic rings. The number of hydrogen-bond acceptors (Lipinski definition) is 4. The molecular weight excluding hydrogens is 204 g/mol. The van der Waals surface area contributed by atoms with E-state index in [1.54, 1.807) is 14.2 Å². The number of nitrogens with one attached hydrogen (secondary N) is 1. The summed E-state index contributed by atoms with van der Waals surface area (Å²) in [6.07, 6.45) is 0. The zero-order valence-electron chi connectivity index (χ0n) is 10.3. The van der Waals surface area contributed by atoms with Crippen molar-refractivity contribution in [2.75, 3.05) is 26.1 Å². The first-order valence-electron chi connectivity index (χ1n) is 5.30. The minimum absolute atomic E-state index is 0.103. The monoisotopic (exact) mass is 224 g/mol. The minimum atomic E-state index is 0.103. The van der Waals surface area contributed by atoms with Crippen molar-refractivity contribution in [2.24, 2.45) is 5.73 Å². The van der Waals surface area contributed by atoms with E-state index in [2.05, 4.69) is 5.32 Å². The van der Waals surface area contributed by atoms with Crippen LogP contribution < -0.4 is 20.5 Å². The van der Waals surface area contributed by atoms with Gasteiger partial charge in [0.1, 0.15) is 11.5 Å². The molecule has 1 unspecified atom stereocenters. The maximum Gasteiger partial charge on any atom is 0.145 e. The topological polar surface area (TPSA) is 56.5 Å². The van der Waals surface area contributed by atoms with Gasteiger partial charge >= 0.3 is 0 Å². The molecule has 0 fully saturated rings. The Morgan fingerprint density at radius 3 is 2.50 bits per heavy atom. The number of anilines is 1. The first kappa shape index (κ1) is 12.6. The predicted octanol–water partition coefficient (Wildman–Crippen LogP) is 1.77. The average Bonchev–Trinajstić information content (AvgIpc) is 2.26. The molecule has 90 valence electrons. The Labute approximate surface area is 96.7 Å². The molecule has 4 nitrogen and oxygen atoms in total. The Bertz CT molecular complexity index is 351. The molecule has 0 aliphatic carbocycles. The maximum atomic E-state index is 5.71. The van der Waals surface area contributed by atoms with Gasteiger partial charge in [0.25, 0.3) is 0 Å². The highest BCUT2D eigenvalue weighted by atomic mass is 16.5. The minimum Gasteiger partial charge on any atom is -0.497 e. The van der Waals surface area contributed by atoms with Crippen LogP contribution in [0.4, 0.5) is 5.69 Å². The number of nitrogens with two attached hydrogens (primary N) is 1. The van der Waals surface area contributed by atoms with Crippen LogP contribution >= 0.6 is 0 Å². The lowest BCUT2D eigenvalue weighted by atomic mass is 10.1. The second kappa shape index (κ2) is 5.61. The van der Waals surface area contributed by atoms with Gasteiger partial charge < -0.3 is 20.5 Å². The number of aryl methyl sites for hydroxylation is 1. The maximum absolute atomic E-state index is 5.71. The predicted molar refractivity (Wildman–Crippen MR) is 66.4 cm³/mol. The highest BCUT2D eigenvalue weighted by molar-refractivity contribution is 5.64. The smallest absolute Gasteiger partial charge is 0.145 e. The van der Waals surface area contributed by atoms with Gasteiger partial charge in [-0.15, -0.1) is 0 Å². The van der Waals surface area contributed by atoms with Gasteiger partial charge in [0.05, 0.1) is 19.9 Å². The zero-order valence-corrected chi connectivity index (χ0v) is 10.3. The number of benzene rings is 1. The van der Waals surface area contributed by atoms with Crippen LogP contribution in [0.25, 0.3) is 0 Å².